The largest absolute Gasteiger partial charge is 0.328 e. The van der Waals surface area contributed by atoms with E-state index in [1.807, 2.05) is 34.6 Å². The number of hydrogen-bond donors (Lipinski definition) is 1. The maximum absolute atomic E-state index is 12.7. The fourth-order valence-electron chi connectivity index (χ4n) is 2.70. The summed E-state index contributed by atoms with van der Waals surface area (Å²) in [6, 6.07) is 0. The van der Waals surface area contributed by atoms with Crippen LogP contribution in [0.1, 0.15) is 53.9 Å². The molecule has 0 saturated carbocycles. The zero-order valence-electron chi connectivity index (χ0n) is 12.2. The summed E-state index contributed by atoms with van der Waals surface area (Å²) in [5, 5.41) is 0. The molecule has 1 saturated heterocycles. The van der Waals surface area contributed by atoms with Gasteiger partial charge in [0.15, 0.2) is 0 Å². The molecule has 4 heteroatoms. The summed E-state index contributed by atoms with van der Waals surface area (Å²) in [4.78, 5) is 26.4. The number of carbonyl (C=O) groups excluding carboxylic acids is 2. The predicted molar refractivity (Wildman–Crippen MR) is 71.8 cm³/mol. The van der Waals surface area contributed by atoms with E-state index in [1.54, 1.807) is 0 Å². The lowest BCUT2D eigenvalue weighted by Gasteiger charge is -2.41. The van der Waals surface area contributed by atoms with Gasteiger partial charge in [-0.3, -0.25) is 14.5 Å². The molecule has 0 aromatic heterocycles. The van der Waals surface area contributed by atoms with Crippen molar-refractivity contribution in [2.75, 3.05) is 6.54 Å². The maximum Gasteiger partial charge on any atom is 0.236 e. The Labute approximate surface area is 110 Å². The molecule has 1 aliphatic rings. The summed E-state index contributed by atoms with van der Waals surface area (Å²) in [5.74, 6) is 0.0596. The minimum Gasteiger partial charge on any atom is -0.328 e. The van der Waals surface area contributed by atoms with Gasteiger partial charge in [-0.05, 0) is 25.7 Å². The molecule has 0 aromatic rings. The van der Waals surface area contributed by atoms with Gasteiger partial charge in [-0.15, -0.1) is 0 Å². The van der Waals surface area contributed by atoms with Crippen molar-refractivity contribution in [3.8, 4) is 0 Å². The monoisotopic (exact) mass is 254 g/mol. The Bertz CT molecular complexity index is 348. The van der Waals surface area contributed by atoms with Gasteiger partial charge in [0, 0.05) is 13.0 Å². The van der Waals surface area contributed by atoms with Crippen LogP contribution in [0.5, 0.6) is 0 Å². The van der Waals surface area contributed by atoms with Gasteiger partial charge < -0.3 is 5.73 Å². The molecule has 1 aliphatic heterocycles. The molecule has 0 radical (unpaired) electrons. The zero-order chi connectivity index (χ0) is 14.1. The first kappa shape index (κ1) is 15.2. The van der Waals surface area contributed by atoms with Crippen LogP contribution in [0.3, 0.4) is 0 Å². The van der Waals surface area contributed by atoms with E-state index in [9.17, 15) is 9.59 Å². The van der Waals surface area contributed by atoms with E-state index in [0.717, 1.165) is 0 Å². The highest BCUT2D eigenvalue weighted by atomic mass is 16.2. The average molecular weight is 254 g/mol. The molecule has 1 rings (SSSR count). The first-order chi connectivity index (χ1) is 8.29. The molecule has 2 N–H and O–H groups in total. The number of imide groups is 1. The lowest BCUT2D eigenvalue weighted by atomic mass is 9.80. The van der Waals surface area contributed by atoms with Crippen LogP contribution in [0, 0.1) is 11.3 Å². The van der Waals surface area contributed by atoms with Crippen molar-refractivity contribution in [3.05, 3.63) is 0 Å². The normalized spacial score (nSPS) is 22.7. The summed E-state index contributed by atoms with van der Waals surface area (Å²) < 4.78 is 0. The van der Waals surface area contributed by atoms with Crippen molar-refractivity contribution in [3.63, 3.8) is 0 Å². The fraction of sp³-hybridized carbons (Fsp3) is 0.857. The van der Waals surface area contributed by atoms with E-state index in [2.05, 4.69) is 0 Å². The first-order valence-electron chi connectivity index (χ1n) is 6.86. The molecule has 4 nitrogen and oxygen atoms in total. The van der Waals surface area contributed by atoms with Crippen LogP contribution in [0.25, 0.3) is 0 Å². The third kappa shape index (κ3) is 1.96. The van der Waals surface area contributed by atoms with Crippen LogP contribution in [-0.2, 0) is 9.59 Å². The van der Waals surface area contributed by atoms with Gasteiger partial charge in [-0.25, -0.2) is 0 Å². The van der Waals surface area contributed by atoms with E-state index < -0.39 is 11.0 Å². The molecule has 2 amide bonds. The second kappa shape index (κ2) is 5.00. The van der Waals surface area contributed by atoms with Crippen LogP contribution in [0.15, 0.2) is 0 Å². The van der Waals surface area contributed by atoms with Crippen molar-refractivity contribution < 1.29 is 9.59 Å². The summed E-state index contributed by atoms with van der Waals surface area (Å²) in [6.45, 7) is 10.2. The van der Waals surface area contributed by atoms with E-state index in [1.165, 1.54) is 4.90 Å². The number of rotatable bonds is 5. The number of carbonyl (C=O) groups is 2. The standard InChI is InChI=1S/C14H26N2O2/c1-6-14(7-2)8-11(17)16(12(14)18)13(5,9-15)10(3)4/h10H,6-9,15H2,1-5H3. The van der Waals surface area contributed by atoms with E-state index in [-0.39, 0.29) is 17.7 Å². The predicted octanol–water partition coefficient (Wildman–Crippen LogP) is 1.93. The van der Waals surface area contributed by atoms with Crippen LogP contribution < -0.4 is 5.73 Å². The van der Waals surface area contributed by atoms with Crippen LogP contribution in [0.4, 0.5) is 0 Å². The summed E-state index contributed by atoms with van der Waals surface area (Å²) in [5.41, 5.74) is 4.77. The van der Waals surface area contributed by atoms with Gasteiger partial charge in [-0.2, -0.15) is 0 Å². The summed E-state index contributed by atoms with van der Waals surface area (Å²) >= 11 is 0. The second-order valence-corrected chi connectivity index (χ2v) is 5.91. The molecular formula is C14H26N2O2. The van der Waals surface area contributed by atoms with Gasteiger partial charge in [0.2, 0.25) is 11.8 Å². The van der Waals surface area contributed by atoms with E-state index >= 15 is 0 Å². The number of hydrogen-bond acceptors (Lipinski definition) is 3. The Morgan fingerprint density at radius 2 is 1.83 bits per heavy atom. The van der Waals surface area contributed by atoms with Crippen LogP contribution in [-0.4, -0.2) is 28.8 Å². The lowest BCUT2D eigenvalue weighted by Crippen LogP contribution is -2.58. The second-order valence-electron chi connectivity index (χ2n) is 5.91. The molecule has 104 valence electrons. The first-order valence-corrected chi connectivity index (χ1v) is 6.86. The number of nitrogens with zero attached hydrogens (tertiary/aromatic N) is 1. The molecule has 1 heterocycles. The molecule has 0 aliphatic carbocycles. The van der Waals surface area contributed by atoms with Crippen molar-refractivity contribution in [2.45, 2.75) is 59.4 Å². The minimum absolute atomic E-state index is 0.0286. The molecule has 18 heavy (non-hydrogen) atoms. The average Bonchev–Trinajstić information content (AvgIpc) is 2.60. The Hall–Kier alpha value is -0.900. The highest BCUT2D eigenvalue weighted by Crippen LogP contribution is 2.43. The topological polar surface area (TPSA) is 63.4 Å². The number of amides is 2. The molecule has 0 aromatic carbocycles. The molecular weight excluding hydrogens is 228 g/mol. The third-order valence-corrected chi connectivity index (χ3v) is 4.92. The Kier molecular flexibility index (Phi) is 4.21. The van der Waals surface area contributed by atoms with Gasteiger partial charge in [-0.1, -0.05) is 27.7 Å². The van der Waals surface area contributed by atoms with Crippen LogP contribution in [0.2, 0.25) is 0 Å². The van der Waals surface area contributed by atoms with Gasteiger partial charge >= 0.3 is 0 Å². The number of likely N-dealkylation sites (tertiary alicyclic amines) is 1. The molecule has 1 atom stereocenters. The maximum atomic E-state index is 12.7. The van der Waals surface area contributed by atoms with Crippen molar-refractivity contribution in [1.82, 2.24) is 4.90 Å². The lowest BCUT2D eigenvalue weighted by molar-refractivity contribution is -0.149. The van der Waals surface area contributed by atoms with Gasteiger partial charge in [0.25, 0.3) is 0 Å². The summed E-state index contributed by atoms with van der Waals surface area (Å²) in [7, 11) is 0. The zero-order valence-corrected chi connectivity index (χ0v) is 12.2. The van der Waals surface area contributed by atoms with Crippen LogP contribution >= 0.6 is 0 Å². The van der Waals surface area contributed by atoms with Gasteiger partial charge in [0.1, 0.15) is 0 Å². The third-order valence-electron chi connectivity index (χ3n) is 4.92. The highest BCUT2D eigenvalue weighted by molar-refractivity contribution is 6.06. The highest BCUT2D eigenvalue weighted by Gasteiger charge is 2.55. The van der Waals surface area contributed by atoms with E-state index in [4.69, 9.17) is 5.73 Å². The Morgan fingerprint density at radius 1 is 1.33 bits per heavy atom. The Morgan fingerprint density at radius 3 is 2.11 bits per heavy atom. The quantitative estimate of drug-likeness (QED) is 0.762. The fourth-order valence-corrected chi connectivity index (χ4v) is 2.70. The van der Waals surface area contributed by atoms with Crippen molar-refractivity contribution in [2.24, 2.45) is 17.1 Å². The SMILES string of the molecule is CCC1(CC)CC(=O)N(C(C)(CN)C(C)C)C1=O. The van der Waals surface area contributed by atoms with Crippen molar-refractivity contribution in [1.29, 1.82) is 0 Å². The van der Waals surface area contributed by atoms with E-state index in [0.29, 0.717) is 25.8 Å². The molecule has 0 spiro atoms. The Balaban J connectivity index is 3.19. The molecule has 1 unspecified atom stereocenters. The number of nitrogens with two attached hydrogens (primary N) is 1. The smallest absolute Gasteiger partial charge is 0.236 e. The molecule has 0 bridgehead atoms. The molecule has 1 fully saturated rings. The van der Waals surface area contributed by atoms with Crippen molar-refractivity contribution >= 4 is 11.8 Å². The van der Waals surface area contributed by atoms with Gasteiger partial charge in [0.05, 0.1) is 11.0 Å². The summed E-state index contributed by atoms with van der Waals surface area (Å²) in [6.07, 6.45) is 1.76. The minimum atomic E-state index is -0.569.